The zero-order valence-corrected chi connectivity index (χ0v) is 14.8. The summed E-state index contributed by atoms with van der Waals surface area (Å²) in [6, 6.07) is 0. The number of nitrogens with zero attached hydrogens (tertiary/aromatic N) is 2. The second kappa shape index (κ2) is 9.70. The molecule has 1 aliphatic heterocycles. The Morgan fingerprint density at radius 1 is 1.27 bits per heavy atom. The Balaban J connectivity index is 2.24. The molecule has 22 heavy (non-hydrogen) atoms. The molecule has 0 spiro atoms. The van der Waals surface area contributed by atoms with E-state index in [1.165, 1.54) is 13.5 Å². The molecule has 0 unspecified atom stereocenters. The molecule has 128 valence electrons. The number of rotatable bonds is 8. The molecule has 0 atom stereocenters. The van der Waals surface area contributed by atoms with E-state index < -0.39 is 0 Å². The third kappa shape index (κ3) is 7.14. The highest BCUT2D eigenvalue weighted by Gasteiger charge is 2.30. The van der Waals surface area contributed by atoms with E-state index >= 15 is 0 Å². The summed E-state index contributed by atoms with van der Waals surface area (Å²) in [5.74, 6) is 0.951. The van der Waals surface area contributed by atoms with Gasteiger partial charge in [-0.1, -0.05) is 26.7 Å². The van der Waals surface area contributed by atoms with Gasteiger partial charge in [0.05, 0.1) is 7.11 Å². The van der Waals surface area contributed by atoms with Gasteiger partial charge in [-0.2, -0.15) is 0 Å². The molecule has 0 amide bonds. The highest BCUT2D eigenvalue weighted by atomic mass is 16.5. The number of guanidine groups is 1. The maximum Gasteiger partial charge on any atom is 0.305 e. The lowest BCUT2D eigenvalue weighted by atomic mass is 9.93. The highest BCUT2D eigenvalue weighted by molar-refractivity contribution is 5.80. The Bertz CT molecular complexity index is 367. The minimum absolute atomic E-state index is 0.107. The van der Waals surface area contributed by atoms with Gasteiger partial charge in [0.1, 0.15) is 0 Å². The van der Waals surface area contributed by atoms with Crippen molar-refractivity contribution in [1.29, 1.82) is 0 Å². The molecule has 1 fully saturated rings. The van der Waals surface area contributed by atoms with Gasteiger partial charge in [-0.15, -0.1) is 0 Å². The van der Waals surface area contributed by atoms with Crippen LogP contribution in [0.3, 0.4) is 0 Å². The Morgan fingerprint density at radius 2 is 2.00 bits per heavy atom. The van der Waals surface area contributed by atoms with Crippen molar-refractivity contribution in [2.45, 2.75) is 59.3 Å². The van der Waals surface area contributed by atoms with E-state index in [1.54, 1.807) is 0 Å². The monoisotopic (exact) mass is 311 g/mol. The van der Waals surface area contributed by atoms with E-state index in [0.29, 0.717) is 11.8 Å². The van der Waals surface area contributed by atoms with Crippen molar-refractivity contribution < 1.29 is 9.53 Å². The summed E-state index contributed by atoms with van der Waals surface area (Å²) in [4.78, 5) is 18.1. The fourth-order valence-electron chi connectivity index (χ4n) is 2.74. The summed E-state index contributed by atoms with van der Waals surface area (Å²) in [6.07, 6.45) is 5.93. The van der Waals surface area contributed by atoms with E-state index in [4.69, 9.17) is 4.99 Å². The van der Waals surface area contributed by atoms with Gasteiger partial charge in [0.2, 0.25) is 0 Å². The molecule has 1 saturated heterocycles. The smallest absolute Gasteiger partial charge is 0.305 e. The number of methoxy groups -OCH3 is 1. The Labute approximate surface area is 135 Å². The highest BCUT2D eigenvalue weighted by Crippen LogP contribution is 2.28. The predicted molar refractivity (Wildman–Crippen MR) is 91.1 cm³/mol. The molecule has 5 heteroatoms. The number of carbonyl (C=O) groups is 1. The van der Waals surface area contributed by atoms with Gasteiger partial charge in [0, 0.05) is 32.6 Å². The summed E-state index contributed by atoms with van der Waals surface area (Å²) in [5, 5.41) is 3.40. The van der Waals surface area contributed by atoms with Gasteiger partial charge in [-0.05, 0) is 31.6 Å². The van der Waals surface area contributed by atoms with Gasteiger partial charge in [0.15, 0.2) is 5.96 Å². The third-order valence-corrected chi connectivity index (χ3v) is 4.09. The molecule has 1 aliphatic rings. The standard InChI is InChI=1S/C17H33N3O2/c1-5-18-16(20-13-11-17(2,3)14-20)19-12-9-7-6-8-10-15(21)22-4/h5-14H2,1-4H3,(H,18,19). The average Bonchev–Trinajstić information content (AvgIpc) is 2.84. The van der Waals surface area contributed by atoms with Crippen LogP contribution in [-0.4, -0.2) is 50.1 Å². The summed E-state index contributed by atoms with van der Waals surface area (Å²) in [5.41, 5.74) is 0.393. The van der Waals surface area contributed by atoms with E-state index in [9.17, 15) is 4.79 Å². The van der Waals surface area contributed by atoms with Gasteiger partial charge in [0.25, 0.3) is 0 Å². The van der Waals surface area contributed by atoms with Crippen molar-refractivity contribution in [2.75, 3.05) is 33.3 Å². The lowest BCUT2D eigenvalue weighted by molar-refractivity contribution is -0.140. The topological polar surface area (TPSA) is 53.9 Å². The van der Waals surface area contributed by atoms with Crippen LogP contribution in [0.1, 0.15) is 59.3 Å². The normalized spacial score (nSPS) is 17.6. The Kier molecular flexibility index (Phi) is 8.28. The van der Waals surface area contributed by atoms with Crippen LogP contribution in [-0.2, 0) is 9.53 Å². The molecule has 1 heterocycles. The lowest BCUT2D eigenvalue weighted by Crippen LogP contribution is -2.40. The van der Waals surface area contributed by atoms with Crippen LogP contribution in [0.25, 0.3) is 0 Å². The molecular weight excluding hydrogens is 278 g/mol. The predicted octanol–water partition coefficient (Wildman–Crippen LogP) is 2.81. The van der Waals surface area contributed by atoms with Crippen molar-refractivity contribution in [2.24, 2.45) is 10.4 Å². The number of hydrogen-bond donors (Lipinski definition) is 1. The Morgan fingerprint density at radius 3 is 2.59 bits per heavy atom. The molecule has 0 aromatic rings. The van der Waals surface area contributed by atoms with Crippen LogP contribution in [0, 0.1) is 5.41 Å². The summed E-state index contributed by atoms with van der Waals surface area (Å²) in [7, 11) is 1.44. The molecule has 1 N–H and O–H groups in total. The van der Waals surface area contributed by atoms with Gasteiger partial charge in [-0.3, -0.25) is 9.79 Å². The first-order valence-electron chi connectivity index (χ1n) is 8.58. The van der Waals surface area contributed by atoms with Crippen LogP contribution >= 0.6 is 0 Å². The zero-order chi connectivity index (χ0) is 16.4. The molecule has 0 aliphatic carbocycles. The number of likely N-dealkylation sites (tertiary alicyclic amines) is 1. The molecule has 5 nitrogen and oxygen atoms in total. The summed E-state index contributed by atoms with van der Waals surface area (Å²) >= 11 is 0. The van der Waals surface area contributed by atoms with Gasteiger partial charge < -0.3 is 15.0 Å². The van der Waals surface area contributed by atoms with E-state index in [2.05, 4.69) is 35.7 Å². The summed E-state index contributed by atoms with van der Waals surface area (Å²) < 4.78 is 4.64. The number of hydrogen-bond acceptors (Lipinski definition) is 3. The van der Waals surface area contributed by atoms with Crippen LogP contribution in [0.15, 0.2) is 4.99 Å². The minimum Gasteiger partial charge on any atom is -0.469 e. The van der Waals surface area contributed by atoms with Crippen molar-refractivity contribution >= 4 is 11.9 Å². The molecular formula is C17H33N3O2. The van der Waals surface area contributed by atoms with Crippen molar-refractivity contribution in [1.82, 2.24) is 10.2 Å². The molecule has 0 bridgehead atoms. The second-order valence-corrected chi connectivity index (χ2v) is 6.81. The van der Waals surface area contributed by atoms with Crippen LogP contribution in [0.2, 0.25) is 0 Å². The van der Waals surface area contributed by atoms with Crippen molar-refractivity contribution in [3.8, 4) is 0 Å². The van der Waals surface area contributed by atoms with E-state index in [1.807, 2.05) is 0 Å². The first-order valence-corrected chi connectivity index (χ1v) is 8.58. The van der Waals surface area contributed by atoms with Crippen LogP contribution in [0.4, 0.5) is 0 Å². The average molecular weight is 311 g/mol. The lowest BCUT2D eigenvalue weighted by Gasteiger charge is -2.23. The van der Waals surface area contributed by atoms with Crippen LogP contribution < -0.4 is 5.32 Å². The van der Waals surface area contributed by atoms with E-state index in [0.717, 1.165) is 57.8 Å². The van der Waals surface area contributed by atoms with Gasteiger partial charge in [-0.25, -0.2) is 0 Å². The molecule has 0 aromatic carbocycles. The van der Waals surface area contributed by atoms with E-state index in [-0.39, 0.29) is 5.97 Å². The SMILES string of the molecule is CCNC(=NCCCCCCC(=O)OC)N1CCC(C)(C)C1. The molecule has 0 radical (unpaired) electrons. The fourth-order valence-corrected chi connectivity index (χ4v) is 2.74. The number of unbranched alkanes of at least 4 members (excludes halogenated alkanes) is 3. The maximum atomic E-state index is 11.0. The first-order chi connectivity index (χ1) is 10.5. The van der Waals surface area contributed by atoms with Crippen LogP contribution in [0.5, 0.6) is 0 Å². The second-order valence-electron chi connectivity index (χ2n) is 6.81. The molecule has 1 rings (SSSR count). The fraction of sp³-hybridized carbons (Fsp3) is 0.882. The number of nitrogens with one attached hydrogen (secondary N) is 1. The zero-order valence-electron chi connectivity index (χ0n) is 14.8. The first kappa shape index (κ1) is 18.8. The van der Waals surface area contributed by atoms with Crippen molar-refractivity contribution in [3.63, 3.8) is 0 Å². The quantitative estimate of drug-likeness (QED) is 0.324. The minimum atomic E-state index is -0.107. The number of carbonyl (C=O) groups excluding carboxylic acids is 1. The number of aliphatic imine (C=N–C) groups is 1. The number of esters is 1. The Hall–Kier alpha value is -1.26. The maximum absolute atomic E-state index is 11.0. The van der Waals surface area contributed by atoms with Gasteiger partial charge >= 0.3 is 5.97 Å². The molecule has 0 aromatic heterocycles. The third-order valence-electron chi connectivity index (χ3n) is 4.09. The molecule has 0 saturated carbocycles. The van der Waals surface area contributed by atoms with Crippen molar-refractivity contribution in [3.05, 3.63) is 0 Å². The number of ether oxygens (including phenoxy) is 1. The summed E-state index contributed by atoms with van der Waals surface area (Å²) in [6.45, 7) is 10.7. The largest absolute Gasteiger partial charge is 0.469 e.